The summed E-state index contributed by atoms with van der Waals surface area (Å²) in [5, 5.41) is 6.47. The molecule has 6 heteroatoms. The van der Waals surface area contributed by atoms with Gasteiger partial charge in [0.15, 0.2) is 0 Å². The molecular formula is C14H18BrN5. The van der Waals surface area contributed by atoms with Crippen LogP contribution in [0.1, 0.15) is 11.4 Å². The molecule has 106 valence electrons. The van der Waals surface area contributed by atoms with Gasteiger partial charge in [0, 0.05) is 30.2 Å². The molecule has 0 saturated carbocycles. The van der Waals surface area contributed by atoms with Gasteiger partial charge < -0.3 is 16.4 Å². The van der Waals surface area contributed by atoms with Gasteiger partial charge in [-0.05, 0) is 18.6 Å². The van der Waals surface area contributed by atoms with Crippen molar-refractivity contribution in [1.29, 1.82) is 0 Å². The molecule has 20 heavy (non-hydrogen) atoms. The largest absolute Gasteiger partial charge is 0.369 e. The third-order valence-electron chi connectivity index (χ3n) is 2.71. The lowest BCUT2D eigenvalue weighted by Crippen LogP contribution is -2.15. The number of anilines is 2. The molecule has 2 aromatic rings. The second kappa shape index (κ2) is 7.21. The molecule has 0 fully saturated rings. The summed E-state index contributed by atoms with van der Waals surface area (Å²) in [6.07, 6.45) is 0. The van der Waals surface area contributed by atoms with Crippen LogP contribution in [0.15, 0.2) is 34.8 Å². The lowest BCUT2D eigenvalue weighted by molar-refractivity contribution is 0.978. The van der Waals surface area contributed by atoms with E-state index in [1.807, 2.05) is 31.2 Å². The highest BCUT2D eigenvalue weighted by atomic mass is 79.9. The fourth-order valence-corrected chi connectivity index (χ4v) is 2.20. The van der Waals surface area contributed by atoms with E-state index >= 15 is 0 Å². The molecule has 4 N–H and O–H groups in total. The predicted octanol–water partition coefficient (Wildman–Crippen LogP) is 2.53. The first-order valence-corrected chi connectivity index (χ1v) is 7.25. The van der Waals surface area contributed by atoms with Crippen LogP contribution < -0.4 is 16.4 Å². The second-order valence-corrected chi connectivity index (χ2v) is 5.20. The first-order chi connectivity index (χ1) is 9.69. The fraction of sp³-hybridized carbons (Fsp3) is 0.286. The quantitative estimate of drug-likeness (QED) is 0.756. The summed E-state index contributed by atoms with van der Waals surface area (Å²) in [6.45, 7) is 3.84. The molecule has 0 aliphatic carbocycles. The fourth-order valence-electron chi connectivity index (χ4n) is 1.78. The molecule has 1 aromatic heterocycles. The van der Waals surface area contributed by atoms with Gasteiger partial charge in [0.1, 0.15) is 17.5 Å². The number of nitrogens with zero attached hydrogens (tertiary/aromatic N) is 2. The van der Waals surface area contributed by atoms with Crippen molar-refractivity contribution >= 4 is 27.6 Å². The summed E-state index contributed by atoms with van der Waals surface area (Å²) in [6, 6.07) is 9.99. The molecule has 1 heterocycles. The van der Waals surface area contributed by atoms with Crippen molar-refractivity contribution in [3.63, 3.8) is 0 Å². The van der Waals surface area contributed by atoms with Crippen LogP contribution in [0.2, 0.25) is 0 Å². The molecule has 0 atom stereocenters. The standard InChI is InChI=1S/C14H18BrN5/c1-10-19-13(17-7-6-16)8-14(20-10)18-9-11-4-2-3-5-12(11)15/h2-5,8H,6-7,9,16H2,1H3,(H2,17,18,19,20). The van der Waals surface area contributed by atoms with Gasteiger partial charge in [-0.2, -0.15) is 0 Å². The average molecular weight is 336 g/mol. The van der Waals surface area contributed by atoms with Gasteiger partial charge in [0.25, 0.3) is 0 Å². The van der Waals surface area contributed by atoms with Crippen LogP contribution >= 0.6 is 15.9 Å². The number of benzene rings is 1. The number of nitrogens with two attached hydrogens (primary N) is 1. The van der Waals surface area contributed by atoms with E-state index in [0.717, 1.165) is 21.9 Å². The Labute approximate surface area is 127 Å². The molecule has 2 rings (SSSR count). The maximum absolute atomic E-state index is 5.48. The van der Waals surface area contributed by atoms with E-state index in [1.54, 1.807) is 0 Å². The van der Waals surface area contributed by atoms with Crippen molar-refractivity contribution in [1.82, 2.24) is 9.97 Å². The van der Waals surface area contributed by atoms with E-state index < -0.39 is 0 Å². The highest BCUT2D eigenvalue weighted by Crippen LogP contribution is 2.18. The minimum absolute atomic E-state index is 0.572. The number of hydrogen-bond acceptors (Lipinski definition) is 5. The maximum Gasteiger partial charge on any atom is 0.132 e. The normalized spacial score (nSPS) is 10.3. The molecule has 5 nitrogen and oxygen atoms in total. The molecule has 0 radical (unpaired) electrons. The van der Waals surface area contributed by atoms with Crippen molar-refractivity contribution < 1.29 is 0 Å². The molecule has 1 aromatic carbocycles. The van der Waals surface area contributed by atoms with E-state index in [4.69, 9.17) is 5.73 Å². The van der Waals surface area contributed by atoms with E-state index in [0.29, 0.717) is 19.6 Å². The molecule has 0 aliphatic heterocycles. The van der Waals surface area contributed by atoms with Gasteiger partial charge in [-0.25, -0.2) is 9.97 Å². The van der Waals surface area contributed by atoms with Crippen LogP contribution in [0.25, 0.3) is 0 Å². The molecule has 0 saturated heterocycles. The summed E-state index contributed by atoms with van der Waals surface area (Å²) in [4.78, 5) is 8.69. The van der Waals surface area contributed by atoms with Crippen LogP contribution in [-0.4, -0.2) is 23.1 Å². The molecule has 0 aliphatic rings. The second-order valence-electron chi connectivity index (χ2n) is 4.35. The zero-order chi connectivity index (χ0) is 14.4. The van der Waals surface area contributed by atoms with E-state index in [2.05, 4.69) is 42.6 Å². The van der Waals surface area contributed by atoms with Crippen molar-refractivity contribution in [3.05, 3.63) is 46.2 Å². The summed E-state index contributed by atoms with van der Waals surface area (Å²) in [5.74, 6) is 2.31. The zero-order valence-electron chi connectivity index (χ0n) is 11.4. The Kier molecular flexibility index (Phi) is 5.31. The Morgan fingerprint density at radius 2 is 1.85 bits per heavy atom. The number of nitrogens with one attached hydrogen (secondary N) is 2. The van der Waals surface area contributed by atoms with E-state index in [1.165, 1.54) is 5.56 Å². The van der Waals surface area contributed by atoms with Gasteiger partial charge in [0.2, 0.25) is 0 Å². The highest BCUT2D eigenvalue weighted by molar-refractivity contribution is 9.10. The number of rotatable bonds is 6. The van der Waals surface area contributed by atoms with Crippen LogP contribution in [0.4, 0.5) is 11.6 Å². The Hall–Kier alpha value is -1.66. The summed E-state index contributed by atoms with van der Waals surface area (Å²) >= 11 is 3.53. The van der Waals surface area contributed by atoms with Crippen molar-refractivity contribution in [2.75, 3.05) is 23.7 Å². The lowest BCUT2D eigenvalue weighted by atomic mass is 10.2. The van der Waals surface area contributed by atoms with Gasteiger partial charge in [-0.3, -0.25) is 0 Å². The Balaban J connectivity index is 2.05. The van der Waals surface area contributed by atoms with Gasteiger partial charge in [0.05, 0.1) is 0 Å². The lowest BCUT2D eigenvalue weighted by Gasteiger charge is -2.10. The Bertz CT molecular complexity index is 573. The summed E-state index contributed by atoms with van der Waals surface area (Å²) in [5.41, 5.74) is 6.66. The third kappa shape index (κ3) is 4.18. The van der Waals surface area contributed by atoms with Crippen LogP contribution in [0.3, 0.4) is 0 Å². The molecule has 0 amide bonds. The Morgan fingerprint density at radius 1 is 1.15 bits per heavy atom. The van der Waals surface area contributed by atoms with Gasteiger partial charge in [-0.15, -0.1) is 0 Å². The first kappa shape index (κ1) is 14.7. The zero-order valence-corrected chi connectivity index (χ0v) is 12.9. The van der Waals surface area contributed by atoms with Crippen molar-refractivity contribution in [3.8, 4) is 0 Å². The first-order valence-electron chi connectivity index (χ1n) is 6.46. The number of aryl methyl sites for hydroxylation is 1. The summed E-state index contributed by atoms with van der Waals surface area (Å²) in [7, 11) is 0. The van der Waals surface area contributed by atoms with E-state index in [9.17, 15) is 0 Å². The van der Waals surface area contributed by atoms with E-state index in [-0.39, 0.29) is 0 Å². The molecule has 0 bridgehead atoms. The van der Waals surface area contributed by atoms with Crippen LogP contribution in [-0.2, 0) is 6.54 Å². The number of aromatic nitrogens is 2. The number of halogens is 1. The monoisotopic (exact) mass is 335 g/mol. The minimum atomic E-state index is 0.572. The molecule has 0 spiro atoms. The average Bonchev–Trinajstić information content (AvgIpc) is 2.44. The summed E-state index contributed by atoms with van der Waals surface area (Å²) < 4.78 is 1.08. The maximum atomic E-state index is 5.48. The van der Waals surface area contributed by atoms with Crippen LogP contribution in [0.5, 0.6) is 0 Å². The SMILES string of the molecule is Cc1nc(NCCN)cc(NCc2ccccc2Br)n1. The third-order valence-corrected chi connectivity index (χ3v) is 3.48. The minimum Gasteiger partial charge on any atom is -0.369 e. The van der Waals surface area contributed by atoms with Crippen LogP contribution in [0, 0.1) is 6.92 Å². The molecule has 0 unspecified atom stereocenters. The predicted molar refractivity (Wildman–Crippen MR) is 85.8 cm³/mol. The molecular weight excluding hydrogens is 318 g/mol. The topological polar surface area (TPSA) is 75.9 Å². The number of hydrogen-bond donors (Lipinski definition) is 3. The van der Waals surface area contributed by atoms with Gasteiger partial charge in [-0.1, -0.05) is 34.1 Å². The van der Waals surface area contributed by atoms with Crippen molar-refractivity contribution in [2.45, 2.75) is 13.5 Å². The van der Waals surface area contributed by atoms with Crippen molar-refractivity contribution in [2.24, 2.45) is 5.73 Å². The highest BCUT2D eigenvalue weighted by Gasteiger charge is 2.03. The van der Waals surface area contributed by atoms with Gasteiger partial charge >= 0.3 is 0 Å². The Morgan fingerprint density at radius 3 is 2.55 bits per heavy atom. The smallest absolute Gasteiger partial charge is 0.132 e.